The van der Waals surface area contributed by atoms with Crippen molar-refractivity contribution in [2.24, 2.45) is 0 Å². The molecule has 0 aliphatic rings. The van der Waals surface area contributed by atoms with Crippen LogP contribution in [0.4, 0.5) is 5.13 Å². The molecule has 0 aliphatic carbocycles. The predicted molar refractivity (Wildman–Crippen MR) is 119 cm³/mol. The Morgan fingerprint density at radius 3 is 2.65 bits per heavy atom. The molecule has 160 valence electrons. The lowest BCUT2D eigenvalue weighted by Gasteiger charge is -2.11. The van der Waals surface area contributed by atoms with Gasteiger partial charge in [-0.3, -0.25) is 9.20 Å². The number of carbonyl (C=O) groups is 1. The van der Waals surface area contributed by atoms with Crippen LogP contribution in [0.3, 0.4) is 0 Å². The average Bonchev–Trinajstić information content (AvgIpc) is 3.46. The molecule has 3 aromatic heterocycles. The van der Waals surface area contributed by atoms with E-state index in [1.165, 1.54) is 12.4 Å². The van der Waals surface area contributed by atoms with Gasteiger partial charge in [-0.25, -0.2) is 23.4 Å². The Hall–Kier alpha value is -3.11. The van der Waals surface area contributed by atoms with Crippen LogP contribution >= 0.6 is 11.3 Å². The van der Waals surface area contributed by atoms with Crippen molar-refractivity contribution in [2.45, 2.75) is 28.9 Å². The summed E-state index contributed by atoms with van der Waals surface area (Å²) in [5.74, 6) is 0.514. The quantitative estimate of drug-likeness (QED) is 0.376. The van der Waals surface area contributed by atoms with Crippen LogP contribution in [0.2, 0.25) is 0 Å². The largest absolute Gasteiger partial charge is 0.351 e. The molecule has 0 spiro atoms. The molecule has 0 unspecified atom stereocenters. The van der Waals surface area contributed by atoms with E-state index in [1.54, 1.807) is 47.3 Å². The normalized spacial score (nSPS) is 11.7. The van der Waals surface area contributed by atoms with Crippen molar-refractivity contribution in [3.05, 3.63) is 66.4 Å². The molecule has 0 fully saturated rings. The highest BCUT2D eigenvalue weighted by Gasteiger charge is 2.21. The van der Waals surface area contributed by atoms with E-state index in [9.17, 15) is 13.2 Å². The van der Waals surface area contributed by atoms with E-state index in [4.69, 9.17) is 0 Å². The number of Topliss-reactive ketones (excluding diaryl/α,β-unsaturated/α-hetero) is 1. The zero-order chi connectivity index (χ0) is 22.0. The fourth-order valence-electron chi connectivity index (χ4n) is 3.00. The maximum atomic E-state index is 12.9. The van der Waals surface area contributed by atoms with E-state index in [0.717, 1.165) is 23.4 Å². The third kappa shape index (κ3) is 4.35. The Balaban J connectivity index is 1.43. The topological polar surface area (TPSA) is 97.5 Å². The van der Waals surface area contributed by atoms with E-state index in [1.807, 2.05) is 18.9 Å². The molecule has 0 amide bonds. The van der Waals surface area contributed by atoms with E-state index in [2.05, 4.69) is 15.0 Å². The van der Waals surface area contributed by atoms with Gasteiger partial charge in [0.05, 0.1) is 16.7 Å². The Morgan fingerprint density at radius 1 is 1.13 bits per heavy atom. The van der Waals surface area contributed by atoms with E-state index < -0.39 is 9.84 Å². The van der Waals surface area contributed by atoms with Gasteiger partial charge in [-0.1, -0.05) is 23.5 Å². The molecule has 8 nitrogen and oxygen atoms in total. The summed E-state index contributed by atoms with van der Waals surface area (Å²) in [5, 5.41) is 0.666. The number of aromatic nitrogens is 4. The smallest absolute Gasteiger partial charge is 0.233 e. The number of anilines is 1. The number of fused-ring (bicyclic) bond motifs is 1. The van der Waals surface area contributed by atoms with Crippen LogP contribution in [0.5, 0.6) is 0 Å². The number of thiazole rings is 1. The Bertz CT molecular complexity index is 1330. The zero-order valence-corrected chi connectivity index (χ0v) is 18.7. The summed E-state index contributed by atoms with van der Waals surface area (Å²) in [7, 11) is -1.75. The van der Waals surface area contributed by atoms with Gasteiger partial charge in [0.15, 0.2) is 10.9 Å². The minimum atomic E-state index is -3.62. The molecule has 10 heteroatoms. The standard InChI is InChI=1S/C21H21N5O3S2/c1-3-25(2)21-24-13-19(30-21)31(28,29)17-7-4-15(5-8-17)6-9-18(27)16-12-23-20-22-10-11-26(20)14-16/h4-5,7-8,10-14H,3,6,9H2,1-2H3. The van der Waals surface area contributed by atoms with Gasteiger partial charge in [0, 0.05) is 44.8 Å². The molecule has 0 saturated carbocycles. The second-order valence-electron chi connectivity index (χ2n) is 7.02. The molecule has 3 heterocycles. The Kier molecular flexibility index (Phi) is 5.84. The molecule has 0 atom stereocenters. The lowest BCUT2D eigenvalue weighted by atomic mass is 10.0. The summed E-state index contributed by atoms with van der Waals surface area (Å²) in [4.78, 5) is 27.0. The number of ketones is 1. The van der Waals surface area contributed by atoms with Crippen LogP contribution in [0.25, 0.3) is 5.78 Å². The van der Waals surface area contributed by atoms with E-state index in [0.29, 0.717) is 29.3 Å². The molecule has 0 aliphatic heterocycles. The first-order valence-corrected chi connectivity index (χ1v) is 12.0. The number of hydrogen-bond acceptors (Lipinski definition) is 8. The van der Waals surface area contributed by atoms with Crippen LogP contribution in [0.1, 0.15) is 29.3 Å². The summed E-state index contributed by atoms with van der Waals surface area (Å²) < 4.78 is 27.7. The third-order valence-electron chi connectivity index (χ3n) is 4.98. The van der Waals surface area contributed by atoms with Crippen molar-refractivity contribution < 1.29 is 13.2 Å². The number of sulfone groups is 1. The third-order valence-corrected chi connectivity index (χ3v) is 8.32. The molecule has 31 heavy (non-hydrogen) atoms. The highest BCUT2D eigenvalue weighted by atomic mass is 32.2. The first-order valence-electron chi connectivity index (χ1n) is 9.71. The SMILES string of the molecule is CCN(C)c1ncc(S(=O)(=O)c2ccc(CCC(=O)c3cnc4nccn4c3)cc2)s1. The van der Waals surface area contributed by atoms with Crippen molar-refractivity contribution in [3.63, 3.8) is 0 Å². The summed E-state index contributed by atoms with van der Waals surface area (Å²) in [5.41, 5.74) is 1.41. The first kappa shape index (κ1) is 21.1. The minimum Gasteiger partial charge on any atom is -0.351 e. The Morgan fingerprint density at radius 2 is 1.90 bits per heavy atom. The van der Waals surface area contributed by atoms with Gasteiger partial charge >= 0.3 is 0 Å². The summed E-state index contributed by atoms with van der Waals surface area (Å²) in [6.45, 7) is 2.72. The lowest BCUT2D eigenvalue weighted by Crippen LogP contribution is -2.14. The second-order valence-corrected chi connectivity index (χ2v) is 10.2. The number of benzene rings is 1. The molecule has 0 bridgehead atoms. The van der Waals surface area contributed by atoms with Gasteiger partial charge in [-0.05, 0) is 31.0 Å². The number of hydrogen-bond donors (Lipinski definition) is 0. The highest BCUT2D eigenvalue weighted by molar-refractivity contribution is 7.93. The van der Waals surface area contributed by atoms with Crippen LogP contribution in [0, 0.1) is 0 Å². The molecule has 0 N–H and O–H groups in total. The number of aryl methyl sites for hydroxylation is 1. The number of nitrogens with zero attached hydrogens (tertiary/aromatic N) is 5. The van der Waals surface area contributed by atoms with Crippen LogP contribution in [0.15, 0.2) is 64.4 Å². The molecular weight excluding hydrogens is 434 g/mol. The number of carbonyl (C=O) groups excluding carboxylic acids is 1. The molecular formula is C21H21N5O3S2. The maximum absolute atomic E-state index is 12.9. The number of rotatable bonds is 8. The monoisotopic (exact) mass is 455 g/mol. The van der Waals surface area contributed by atoms with Crippen LogP contribution in [-0.4, -0.2) is 47.1 Å². The molecule has 1 aromatic carbocycles. The van der Waals surface area contributed by atoms with E-state index >= 15 is 0 Å². The Labute approximate surface area is 184 Å². The fourth-order valence-corrected chi connectivity index (χ4v) is 5.55. The van der Waals surface area contributed by atoms with Crippen molar-refractivity contribution in [3.8, 4) is 0 Å². The van der Waals surface area contributed by atoms with E-state index in [-0.39, 0.29) is 14.9 Å². The van der Waals surface area contributed by atoms with Crippen LogP contribution < -0.4 is 4.90 Å². The summed E-state index contributed by atoms with van der Waals surface area (Å²) >= 11 is 1.15. The van der Waals surface area contributed by atoms with Crippen molar-refractivity contribution in [1.29, 1.82) is 0 Å². The fraction of sp³-hybridized carbons (Fsp3) is 0.238. The van der Waals surface area contributed by atoms with Gasteiger partial charge in [0.2, 0.25) is 15.6 Å². The van der Waals surface area contributed by atoms with Crippen molar-refractivity contribution in [2.75, 3.05) is 18.5 Å². The molecule has 0 radical (unpaired) electrons. The lowest BCUT2D eigenvalue weighted by molar-refractivity contribution is 0.0982. The van der Waals surface area contributed by atoms with Gasteiger partial charge in [0.1, 0.15) is 4.21 Å². The van der Waals surface area contributed by atoms with Crippen molar-refractivity contribution in [1.82, 2.24) is 19.4 Å². The van der Waals surface area contributed by atoms with Crippen molar-refractivity contribution >= 4 is 37.9 Å². The highest BCUT2D eigenvalue weighted by Crippen LogP contribution is 2.30. The minimum absolute atomic E-state index is 0.0305. The second kappa shape index (κ2) is 8.56. The molecule has 4 rings (SSSR count). The molecule has 0 saturated heterocycles. The number of imidazole rings is 1. The van der Waals surface area contributed by atoms with Crippen LogP contribution in [-0.2, 0) is 16.3 Å². The van der Waals surface area contributed by atoms with Gasteiger partial charge in [0.25, 0.3) is 0 Å². The molecule has 4 aromatic rings. The maximum Gasteiger partial charge on any atom is 0.233 e. The summed E-state index contributed by atoms with van der Waals surface area (Å²) in [6, 6.07) is 6.66. The predicted octanol–water partition coefficient (Wildman–Crippen LogP) is 3.29. The summed E-state index contributed by atoms with van der Waals surface area (Å²) in [6.07, 6.45) is 8.82. The van der Waals surface area contributed by atoms with Gasteiger partial charge < -0.3 is 4.90 Å². The van der Waals surface area contributed by atoms with Gasteiger partial charge in [-0.15, -0.1) is 0 Å². The first-order chi connectivity index (χ1) is 14.9. The average molecular weight is 456 g/mol. The van der Waals surface area contributed by atoms with Gasteiger partial charge in [-0.2, -0.15) is 0 Å². The zero-order valence-electron chi connectivity index (χ0n) is 17.1.